The Labute approximate surface area is 208 Å². The van der Waals surface area contributed by atoms with Crippen LogP contribution in [0.4, 0.5) is 5.69 Å². The first-order valence-electron chi connectivity index (χ1n) is 11.8. The fourth-order valence-electron chi connectivity index (χ4n) is 4.57. The van der Waals surface area contributed by atoms with E-state index in [0.29, 0.717) is 30.2 Å². The van der Waals surface area contributed by atoms with Gasteiger partial charge in [-0.05, 0) is 29.7 Å². The molecular weight excluding hydrogens is 460 g/mol. The highest BCUT2D eigenvalue weighted by atomic mass is 32.1. The number of imidazole rings is 1. The molecule has 0 aliphatic carbocycles. The fourth-order valence-corrected chi connectivity index (χ4v) is 5.15. The third-order valence-corrected chi connectivity index (χ3v) is 7.09. The zero-order valence-electron chi connectivity index (χ0n) is 20.6. The van der Waals surface area contributed by atoms with E-state index >= 15 is 0 Å². The minimum atomic E-state index is -0.0425. The molecule has 9 heteroatoms. The van der Waals surface area contributed by atoms with Crippen molar-refractivity contribution in [2.75, 3.05) is 31.1 Å². The van der Waals surface area contributed by atoms with E-state index in [0.717, 1.165) is 35.6 Å². The quantitative estimate of drug-likeness (QED) is 0.434. The highest BCUT2D eigenvalue weighted by Crippen LogP contribution is 2.27. The molecular formula is C26H30N6O2S. The first kappa shape index (κ1) is 23.3. The molecule has 1 aliphatic rings. The number of nitrogens with zero attached hydrogens (tertiary/aromatic N) is 6. The molecule has 4 aromatic rings. The van der Waals surface area contributed by atoms with Crippen molar-refractivity contribution >= 4 is 34.1 Å². The van der Waals surface area contributed by atoms with Gasteiger partial charge in [-0.3, -0.25) is 18.9 Å². The maximum absolute atomic E-state index is 12.9. The van der Waals surface area contributed by atoms with E-state index in [9.17, 15) is 9.59 Å². The van der Waals surface area contributed by atoms with Gasteiger partial charge in [0.2, 0.25) is 0 Å². The molecule has 0 unspecified atom stereocenters. The van der Waals surface area contributed by atoms with E-state index < -0.39 is 0 Å². The molecule has 182 valence electrons. The predicted molar refractivity (Wildman–Crippen MR) is 140 cm³/mol. The summed E-state index contributed by atoms with van der Waals surface area (Å²) in [5, 5.41) is 0. The molecule has 0 bridgehead atoms. The molecule has 0 spiro atoms. The summed E-state index contributed by atoms with van der Waals surface area (Å²) in [4.78, 5) is 39.3. The lowest BCUT2D eigenvalue weighted by Crippen LogP contribution is -2.48. The summed E-state index contributed by atoms with van der Waals surface area (Å²) in [5.74, 6) is 0.0578. The van der Waals surface area contributed by atoms with Crippen molar-refractivity contribution in [3.05, 3.63) is 63.5 Å². The van der Waals surface area contributed by atoms with Crippen LogP contribution in [0, 0.1) is 5.41 Å². The Balaban J connectivity index is 1.37. The van der Waals surface area contributed by atoms with Crippen LogP contribution in [0.25, 0.3) is 22.4 Å². The summed E-state index contributed by atoms with van der Waals surface area (Å²) in [7, 11) is 1.78. The Morgan fingerprint density at radius 2 is 1.86 bits per heavy atom. The van der Waals surface area contributed by atoms with Gasteiger partial charge in [-0.1, -0.05) is 32.9 Å². The lowest BCUT2D eigenvalue weighted by atomic mass is 9.97. The molecule has 1 aliphatic heterocycles. The number of thiazole rings is 1. The molecule has 1 amide bonds. The minimum Gasteiger partial charge on any atom is -0.368 e. The lowest BCUT2D eigenvalue weighted by Gasteiger charge is -2.36. The van der Waals surface area contributed by atoms with E-state index in [1.165, 1.54) is 11.3 Å². The van der Waals surface area contributed by atoms with Crippen LogP contribution in [0.1, 0.15) is 30.4 Å². The monoisotopic (exact) mass is 490 g/mol. The standard InChI is InChI=1S/C26H30N6O2S/c1-26(2,3)16-32-21-9-8-20(28-23(21)29(4)25(32)34)18-6-5-7-19(14-18)30-10-12-31(13-11-30)24(33)22-15-27-17-35-22/h5-9,14-15,17H,10-13,16H2,1-4H3. The number of rotatable bonds is 4. The van der Waals surface area contributed by atoms with Gasteiger partial charge in [0.25, 0.3) is 5.91 Å². The Kier molecular flexibility index (Phi) is 5.96. The Morgan fingerprint density at radius 1 is 1.09 bits per heavy atom. The van der Waals surface area contributed by atoms with Crippen LogP contribution in [0.5, 0.6) is 0 Å². The second kappa shape index (κ2) is 8.96. The van der Waals surface area contributed by atoms with Gasteiger partial charge in [-0.25, -0.2) is 9.78 Å². The number of amides is 1. The number of hydrogen-bond donors (Lipinski definition) is 0. The molecule has 1 fully saturated rings. The normalized spacial score (nSPS) is 14.6. The van der Waals surface area contributed by atoms with Gasteiger partial charge >= 0.3 is 5.69 Å². The number of piperazine rings is 1. The zero-order chi connectivity index (χ0) is 24.7. The van der Waals surface area contributed by atoms with Crippen LogP contribution in [-0.2, 0) is 13.6 Å². The molecule has 0 saturated carbocycles. The van der Waals surface area contributed by atoms with Gasteiger partial charge in [-0.2, -0.15) is 0 Å². The summed E-state index contributed by atoms with van der Waals surface area (Å²) >= 11 is 1.38. The summed E-state index contributed by atoms with van der Waals surface area (Å²) in [6.45, 7) is 9.90. The largest absolute Gasteiger partial charge is 0.368 e. The Bertz CT molecular complexity index is 1420. The number of hydrogen-bond acceptors (Lipinski definition) is 6. The zero-order valence-corrected chi connectivity index (χ0v) is 21.4. The number of aryl methyl sites for hydroxylation is 1. The molecule has 0 radical (unpaired) electrons. The smallest absolute Gasteiger partial charge is 0.330 e. The van der Waals surface area contributed by atoms with E-state index in [2.05, 4.69) is 42.8 Å². The Hall–Kier alpha value is -3.46. The van der Waals surface area contributed by atoms with E-state index in [-0.39, 0.29) is 17.0 Å². The van der Waals surface area contributed by atoms with Crippen molar-refractivity contribution < 1.29 is 4.79 Å². The average Bonchev–Trinajstić information content (AvgIpc) is 3.47. The fraction of sp³-hybridized carbons (Fsp3) is 0.385. The summed E-state index contributed by atoms with van der Waals surface area (Å²) < 4.78 is 3.45. The molecule has 35 heavy (non-hydrogen) atoms. The summed E-state index contributed by atoms with van der Waals surface area (Å²) in [5.41, 5.74) is 6.13. The summed E-state index contributed by atoms with van der Waals surface area (Å²) in [6.07, 6.45) is 1.64. The number of anilines is 1. The number of carbonyl (C=O) groups excluding carboxylic acids is 1. The average molecular weight is 491 g/mol. The van der Waals surface area contributed by atoms with E-state index in [1.54, 1.807) is 23.3 Å². The molecule has 4 heterocycles. The van der Waals surface area contributed by atoms with Crippen LogP contribution in [0.2, 0.25) is 0 Å². The molecule has 0 N–H and O–H groups in total. The molecule has 8 nitrogen and oxygen atoms in total. The molecule has 0 atom stereocenters. The first-order chi connectivity index (χ1) is 16.7. The number of pyridine rings is 1. The number of carbonyl (C=O) groups is 1. The maximum Gasteiger partial charge on any atom is 0.330 e. The van der Waals surface area contributed by atoms with Crippen LogP contribution >= 0.6 is 11.3 Å². The third kappa shape index (κ3) is 4.60. The van der Waals surface area contributed by atoms with Gasteiger partial charge in [0.05, 0.1) is 22.9 Å². The lowest BCUT2D eigenvalue weighted by molar-refractivity contribution is 0.0751. The number of benzene rings is 1. The van der Waals surface area contributed by atoms with E-state index in [1.807, 2.05) is 33.7 Å². The van der Waals surface area contributed by atoms with Gasteiger partial charge in [0.15, 0.2) is 5.65 Å². The number of aromatic nitrogens is 4. The third-order valence-electron chi connectivity index (χ3n) is 6.33. The molecule has 3 aromatic heterocycles. The minimum absolute atomic E-state index is 0.0135. The topological polar surface area (TPSA) is 76.3 Å². The van der Waals surface area contributed by atoms with E-state index in [4.69, 9.17) is 4.98 Å². The highest BCUT2D eigenvalue weighted by Gasteiger charge is 2.24. The Morgan fingerprint density at radius 3 is 2.54 bits per heavy atom. The second-order valence-corrected chi connectivity index (χ2v) is 11.1. The van der Waals surface area contributed by atoms with Gasteiger partial charge < -0.3 is 9.80 Å². The first-order valence-corrected chi connectivity index (χ1v) is 12.7. The van der Waals surface area contributed by atoms with Gasteiger partial charge in [-0.15, -0.1) is 11.3 Å². The molecule has 1 saturated heterocycles. The van der Waals surface area contributed by atoms with Crippen LogP contribution in [0.3, 0.4) is 0 Å². The van der Waals surface area contributed by atoms with Crippen molar-refractivity contribution in [2.45, 2.75) is 27.3 Å². The predicted octanol–water partition coefficient (Wildman–Crippen LogP) is 3.87. The van der Waals surface area contributed by atoms with Gasteiger partial charge in [0, 0.05) is 51.0 Å². The highest BCUT2D eigenvalue weighted by molar-refractivity contribution is 7.11. The van der Waals surface area contributed by atoms with Crippen LogP contribution < -0.4 is 10.6 Å². The number of fused-ring (bicyclic) bond motifs is 1. The summed E-state index contributed by atoms with van der Waals surface area (Å²) in [6, 6.07) is 12.3. The second-order valence-electron chi connectivity index (χ2n) is 10.2. The van der Waals surface area contributed by atoms with Crippen molar-refractivity contribution in [1.29, 1.82) is 0 Å². The SMILES string of the molecule is Cn1c(=O)n(CC(C)(C)C)c2ccc(-c3cccc(N4CCN(C(=O)c5cncs5)CC4)c3)nc21. The van der Waals surface area contributed by atoms with Crippen LogP contribution in [0.15, 0.2) is 52.9 Å². The van der Waals surface area contributed by atoms with Gasteiger partial charge in [0.1, 0.15) is 4.88 Å². The molecule has 1 aromatic carbocycles. The van der Waals surface area contributed by atoms with Crippen LogP contribution in [-0.4, -0.2) is 56.1 Å². The molecule has 5 rings (SSSR count). The van der Waals surface area contributed by atoms with Crippen molar-refractivity contribution in [2.24, 2.45) is 12.5 Å². The van der Waals surface area contributed by atoms with Crippen molar-refractivity contribution in [1.82, 2.24) is 24.0 Å². The van der Waals surface area contributed by atoms with Crippen molar-refractivity contribution in [3.63, 3.8) is 0 Å². The van der Waals surface area contributed by atoms with Crippen molar-refractivity contribution in [3.8, 4) is 11.3 Å². The maximum atomic E-state index is 12.9.